The molecule has 0 radical (unpaired) electrons. The van der Waals surface area contributed by atoms with Gasteiger partial charge in [-0.3, -0.25) is 11.3 Å². The van der Waals surface area contributed by atoms with Gasteiger partial charge in [0.15, 0.2) is 0 Å². The molecule has 3 nitrogen and oxygen atoms in total. The average molecular weight is 212 g/mol. The summed E-state index contributed by atoms with van der Waals surface area (Å²) in [6, 6.07) is 0.183. The molecule has 1 fully saturated rings. The molecule has 1 saturated carbocycles. The molecule has 3 atom stereocenters. The van der Waals surface area contributed by atoms with Crippen molar-refractivity contribution in [2.45, 2.75) is 50.7 Å². The lowest BCUT2D eigenvalue weighted by Crippen LogP contribution is -2.56. The second-order valence-electron chi connectivity index (χ2n) is 4.71. The molecule has 0 saturated heterocycles. The van der Waals surface area contributed by atoms with Crippen LogP contribution in [0.1, 0.15) is 39.0 Å². The van der Waals surface area contributed by atoms with Gasteiger partial charge < -0.3 is 4.74 Å². The van der Waals surface area contributed by atoms with Crippen molar-refractivity contribution in [1.82, 2.24) is 5.43 Å². The Kier molecular flexibility index (Phi) is 4.77. The third kappa shape index (κ3) is 2.80. The Morgan fingerprint density at radius 3 is 2.93 bits per heavy atom. The third-order valence-corrected chi connectivity index (χ3v) is 3.64. The fraction of sp³-hybridized carbons (Fsp3) is 0.833. The van der Waals surface area contributed by atoms with Crippen molar-refractivity contribution in [3.05, 3.63) is 12.7 Å². The first-order valence-electron chi connectivity index (χ1n) is 5.80. The van der Waals surface area contributed by atoms with Gasteiger partial charge in [-0.1, -0.05) is 25.8 Å². The van der Waals surface area contributed by atoms with Crippen LogP contribution in [0.3, 0.4) is 0 Å². The summed E-state index contributed by atoms with van der Waals surface area (Å²) in [4.78, 5) is 0. The highest BCUT2D eigenvalue weighted by atomic mass is 16.5. The van der Waals surface area contributed by atoms with Crippen LogP contribution in [0.2, 0.25) is 0 Å². The van der Waals surface area contributed by atoms with E-state index in [0.717, 1.165) is 25.2 Å². The van der Waals surface area contributed by atoms with Gasteiger partial charge in [0.2, 0.25) is 0 Å². The van der Waals surface area contributed by atoms with E-state index in [9.17, 15) is 0 Å². The second kappa shape index (κ2) is 5.64. The Bertz CT molecular complexity index is 208. The van der Waals surface area contributed by atoms with E-state index >= 15 is 0 Å². The first kappa shape index (κ1) is 12.7. The van der Waals surface area contributed by atoms with Crippen LogP contribution in [0.4, 0.5) is 0 Å². The molecule has 0 bridgehead atoms. The number of ether oxygens (including phenoxy) is 1. The number of methoxy groups -OCH3 is 1. The Balaban J connectivity index is 2.75. The molecule has 0 heterocycles. The van der Waals surface area contributed by atoms with Gasteiger partial charge in [-0.25, -0.2) is 0 Å². The number of nitrogens with one attached hydrogen (secondary N) is 1. The summed E-state index contributed by atoms with van der Waals surface area (Å²) in [6.45, 7) is 6.06. The first-order chi connectivity index (χ1) is 7.18. The van der Waals surface area contributed by atoms with E-state index in [0.29, 0.717) is 0 Å². The number of hydrogen-bond donors (Lipinski definition) is 2. The number of hydrazine groups is 1. The second-order valence-corrected chi connectivity index (χ2v) is 4.71. The Morgan fingerprint density at radius 1 is 1.73 bits per heavy atom. The summed E-state index contributed by atoms with van der Waals surface area (Å²) in [7, 11) is 1.80. The average Bonchev–Trinajstić information content (AvgIpc) is 2.25. The van der Waals surface area contributed by atoms with Gasteiger partial charge in [0, 0.05) is 7.11 Å². The minimum absolute atomic E-state index is 0.0966. The Morgan fingerprint density at radius 2 is 2.47 bits per heavy atom. The summed E-state index contributed by atoms with van der Waals surface area (Å²) in [5.41, 5.74) is 2.79. The summed E-state index contributed by atoms with van der Waals surface area (Å²) in [6.07, 6.45) is 7.48. The lowest BCUT2D eigenvalue weighted by atomic mass is 9.74. The topological polar surface area (TPSA) is 47.3 Å². The Hall–Kier alpha value is -0.380. The Labute approximate surface area is 93.0 Å². The molecule has 3 N–H and O–H groups in total. The van der Waals surface area contributed by atoms with Crippen LogP contribution in [0.25, 0.3) is 0 Å². The lowest BCUT2D eigenvalue weighted by molar-refractivity contribution is -0.0785. The predicted molar refractivity (Wildman–Crippen MR) is 63.3 cm³/mol. The third-order valence-electron chi connectivity index (χ3n) is 3.64. The molecule has 0 aromatic carbocycles. The summed E-state index contributed by atoms with van der Waals surface area (Å²) >= 11 is 0. The van der Waals surface area contributed by atoms with Crippen molar-refractivity contribution in [2.24, 2.45) is 11.8 Å². The number of hydrogen-bond acceptors (Lipinski definition) is 3. The lowest BCUT2D eigenvalue weighted by Gasteiger charge is -2.44. The highest BCUT2D eigenvalue weighted by Crippen LogP contribution is 2.38. The summed E-state index contributed by atoms with van der Waals surface area (Å²) in [5, 5.41) is 0. The van der Waals surface area contributed by atoms with E-state index in [1.807, 2.05) is 6.08 Å². The van der Waals surface area contributed by atoms with Crippen molar-refractivity contribution in [3.63, 3.8) is 0 Å². The predicted octanol–water partition coefficient (Wildman–Crippen LogP) is 1.99. The van der Waals surface area contributed by atoms with E-state index < -0.39 is 0 Å². The monoisotopic (exact) mass is 212 g/mol. The summed E-state index contributed by atoms with van der Waals surface area (Å²) in [5.74, 6) is 6.34. The smallest absolute Gasteiger partial charge is 0.0849 e. The molecule has 0 aromatic rings. The quantitative estimate of drug-likeness (QED) is 0.416. The number of rotatable bonds is 5. The fourth-order valence-corrected chi connectivity index (χ4v) is 2.79. The van der Waals surface area contributed by atoms with Crippen LogP contribution in [-0.2, 0) is 4.74 Å². The highest BCUT2D eigenvalue weighted by Gasteiger charge is 2.41. The van der Waals surface area contributed by atoms with Crippen LogP contribution >= 0.6 is 0 Å². The molecule has 0 aromatic heterocycles. The first-order valence-corrected chi connectivity index (χ1v) is 5.80. The maximum Gasteiger partial charge on any atom is 0.0849 e. The zero-order chi connectivity index (χ0) is 11.3. The molecule has 3 unspecified atom stereocenters. The van der Waals surface area contributed by atoms with Gasteiger partial charge in [-0.05, 0) is 25.2 Å². The van der Waals surface area contributed by atoms with E-state index in [4.69, 9.17) is 10.6 Å². The van der Waals surface area contributed by atoms with E-state index in [1.54, 1.807) is 7.11 Å². The van der Waals surface area contributed by atoms with Gasteiger partial charge in [-0.2, -0.15) is 0 Å². The van der Waals surface area contributed by atoms with Crippen molar-refractivity contribution in [3.8, 4) is 0 Å². The molecule has 1 rings (SSSR count). The van der Waals surface area contributed by atoms with Crippen LogP contribution in [-0.4, -0.2) is 18.8 Å². The van der Waals surface area contributed by atoms with E-state index in [1.165, 1.54) is 12.8 Å². The van der Waals surface area contributed by atoms with Crippen molar-refractivity contribution >= 4 is 0 Å². The van der Waals surface area contributed by atoms with Crippen LogP contribution < -0.4 is 11.3 Å². The molecular formula is C12H24N2O. The van der Waals surface area contributed by atoms with Crippen molar-refractivity contribution in [1.29, 1.82) is 0 Å². The minimum Gasteiger partial charge on any atom is -0.377 e. The molecule has 1 aliphatic rings. The molecule has 0 spiro atoms. The number of nitrogens with two attached hydrogens (primary N) is 1. The maximum absolute atomic E-state index is 5.76. The fourth-order valence-electron chi connectivity index (χ4n) is 2.79. The molecule has 0 aliphatic heterocycles. The largest absolute Gasteiger partial charge is 0.377 e. The summed E-state index contributed by atoms with van der Waals surface area (Å²) < 4.78 is 5.76. The van der Waals surface area contributed by atoms with Gasteiger partial charge in [0.25, 0.3) is 0 Å². The van der Waals surface area contributed by atoms with Gasteiger partial charge in [-0.15, -0.1) is 6.58 Å². The zero-order valence-electron chi connectivity index (χ0n) is 9.96. The van der Waals surface area contributed by atoms with Crippen molar-refractivity contribution < 1.29 is 4.74 Å². The standard InChI is InChI=1S/C12H24N2O/c1-4-6-11(14-13)12(15-3)8-5-7-10(2)9-12/h4,10-11,14H,1,5-9,13H2,2-3H3. The molecule has 88 valence electrons. The van der Waals surface area contributed by atoms with Crippen LogP contribution in [0.5, 0.6) is 0 Å². The molecule has 3 heteroatoms. The highest BCUT2D eigenvalue weighted by molar-refractivity contribution is 4.98. The molecule has 1 aliphatic carbocycles. The molecule has 15 heavy (non-hydrogen) atoms. The van der Waals surface area contributed by atoms with E-state index in [-0.39, 0.29) is 11.6 Å². The van der Waals surface area contributed by atoms with Crippen LogP contribution in [0, 0.1) is 5.92 Å². The maximum atomic E-state index is 5.76. The normalized spacial score (nSPS) is 33.7. The molecule has 0 amide bonds. The van der Waals surface area contributed by atoms with Gasteiger partial charge in [0.1, 0.15) is 0 Å². The van der Waals surface area contributed by atoms with Gasteiger partial charge in [0.05, 0.1) is 11.6 Å². The molecular weight excluding hydrogens is 188 g/mol. The SMILES string of the molecule is C=CCC(NN)C1(OC)CCCC(C)C1. The zero-order valence-corrected chi connectivity index (χ0v) is 9.96. The van der Waals surface area contributed by atoms with Crippen LogP contribution in [0.15, 0.2) is 12.7 Å². The van der Waals surface area contributed by atoms with Gasteiger partial charge >= 0.3 is 0 Å². The minimum atomic E-state index is -0.0966. The van der Waals surface area contributed by atoms with E-state index in [2.05, 4.69) is 18.9 Å². The van der Waals surface area contributed by atoms with Crippen molar-refractivity contribution in [2.75, 3.05) is 7.11 Å².